The number of amides is 1. The van der Waals surface area contributed by atoms with Gasteiger partial charge in [-0.3, -0.25) is 4.99 Å². The first-order valence-electron chi connectivity index (χ1n) is 9.29. The van der Waals surface area contributed by atoms with Crippen LogP contribution >= 0.6 is 11.3 Å². The van der Waals surface area contributed by atoms with Crippen molar-refractivity contribution >= 4 is 23.4 Å². The van der Waals surface area contributed by atoms with E-state index in [1.54, 1.807) is 23.3 Å². The van der Waals surface area contributed by atoms with E-state index < -0.39 is 5.60 Å². The number of ether oxygens (including phenoxy) is 1. The molecular weight excluding hydrogens is 374 g/mol. The fourth-order valence-electron chi connectivity index (χ4n) is 2.73. The van der Waals surface area contributed by atoms with Gasteiger partial charge in [0, 0.05) is 31.1 Å². The number of benzene rings is 1. The highest BCUT2D eigenvalue weighted by atomic mass is 32.1. The van der Waals surface area contributed by atoms with Gasteiger partial charge in [0.2, 0.25) is 0 Å². The van der Waals surface area contributed by atoms with Gasteiger partial charge in [-0.05, 0) is 20.8 Å². The molecule has 28 heavy (non-hydrogen) atoms. The lowest BCUT2D eigenvalue weighted by atomic mass is 10.1. The van der Waals surface area contributed by atoms with Gasteiger partial charge < -0.3 is 20.3 Å². The van der Waals surface area contributed by atoms with Gasteiger partial charge in [-0.15, -0.1) is 11.3 Å². The zero-order valence-electron chi connectivity index (χ0n) is 16.7. The highest BCUT2D eigenvalue weighted by Crippen LogP contribution is 2.21. The van der Waals surface area contributed by atoms with E-state index in [4.69, 9.17) is 4.74 Å². The predicted molar refractivity (Wildman–Crippen MR) is 112 cm³/mol. The Morgan fingerprint density at radius 1 is 1.32 bits per heavy atom. The number of rotatable bonds is 4. The number of hydrogen-bond acceptors (Lipinski definition) is 5. The summed E-state index contributed by atoms with van der Waals surface area (Å²) < 4.78 is 5.37. The van der Waals surface area contributed by atoms with Crippen LogP contribution < -0.4 is 10.6 Å². The van der Waals surface area contributed by atoms with Crippen molar-refractivity contribution in [3.05, 3.63) is 40.7 Å². The Morgan fingerprint density at radius 2 is 2.04 bits per heavy atom. The summed E-state index contributed by atoms with van der Waals surface area (Å²) in [6.45, 7) is 7.41. The highest BCUT2D eigenvalue weighted by Gasteiger charge is 2.34. The molecule has 0 aliphatic carbocycles. The SMILES string of the molecule is CN=C(NCc1nc(-c2ccccc2)cs1)NC1CN(C(=O)OC(C)(C)C)C1. The van der Waals surface area contributed by atoms with Gasteiger partial charge in [0.15, 0.2) is 5.96 Å². The average molecular weight is 402 g/mol. The Labute approximate surface area is 169 Å². The van der Waals surface area contributed by atoms with Gasteiger partial charge in [-0.2, -0.15) is 0 Å². The Balaban J connectivity index is 1.44. The summed E-state index contributed by atoms with van der Waals surface area (Å²) in [4.78, 5) is 22.6. The van der Waals surface area contributed by atoms with Crippen LogP contribution in [0.2, 0.25) is 0 Å². The van der Waals surface area contributed by atoms with Crippen LogP contribution in [-0.4, -0.2) is 53.7 Å². The molecule has 7 nitrogen and oxygen atoms in total. The number of nitrogens with one attached hydrogen (secondary N) is 2. The van der Waals surface area contributed by atoms with Crippen LogP contribution in [0.5, 0.6) is 0 Å². The van der Waals surface area contributed by atoms with E-state index in [0.29, 0.717) is 25.6 Å². The van der Waals surface area contributed by atoms with Crippen LogP contribution in [0.15, 0.2) is 40.7 Å². The Kier molecular flexibility index (Phi) is 6.18. The third-order valence-electron chi connectivity index (χ3n) is 4.13. The van der Waals surface area contributed by atoms with Gasteiger partial charge in [-0.1, -0.05) is 30.3 Å². The topological polar surface area (TPSA) is 78.9 Å². The molecule has 1 amide bonds. The summed E-state index contributed by atoms with van der Waals surface area (Å²) in [6.07, 6.45) is -0.273. The molecule has 2 heterocycles. The third kappa shape index (κ3) is 5.45. The summed E-state index contributed by atoms with van der Waals surface area (Å²) >= 11 is 1.62. The maximum absolute atomic E-state index is 12.0. The predicted octanol–water partition coefficient (Wildman–Crippen LogP) is 3.09. The quantitative estimate of drug-likeness (QED) is 0.608. The lowest BCUT2D eigenvalue weighted by molar-refractivity contribution is 0.00701. The zero-order chi connectivity index (χ0) is 20.1. The standard InChI is InChI=1S/C20H27N5O2S/c1-20(2,3)27-19(26)25-11-15(12-25)23-18(21-4)22-10-17-24-16(13-28-17)14-8-6-5-7-9-14/h5-9,13,15H,10-12H2,1-4H3,(H2,21,22,23). The molecule has 8 heteroatoms. The van der Waals surface area contributed by atoms with Gasteiger partial charge in [0.1, 0.15) is 10.6 Å². The van der Waals surface area contributed by atoms with Gasteiger partial charge in [0.05, 0.1) is 18.3 Å². The second-order valence-electron chi connectivity index (χ2n) is 7.64. The number of thiazole rings is 1. The summed E-state index contributed by atoms with van der Waals surface area (Å²) in [5.41, 5.74) is 1.63. The summed E-state index contributed by atoms with van der Waals surface area (Å²) in [7, 11) is 1.73. The number of aliphatic imine (C=N–C) groups is 1. The first-order chi connectivity index (χ1) is 13.3. The van der Waals surface area contributed by atoms with Crippen LogP contribution in [0.3, 0.4) is 0 Å². The monoisotopic (exact) mass is 401 g/mol. The highest BCUT2D eigenvalue weighted by molar-refractivity contribution is 7.09. The van der Waals surface area contributed by atoms with E-state index in [2.05, 4.69) is 38.1 Å². The molecule has 2 aromatic rings. The second kappa shape index (κ2) is 8.60. The van der Waals surface area contributed by atoms with Crippen molar-refractivity contribution in [3.63, 3.8) is 0 Å². The number of nitrogens with zero attached hydrogens (tertiary/aromatic N) is 3. The summed E-state index contributed by atoms with van der Waals surface area (Å²) in [5.74, 6) is 0.699. The number of carbonyl (C=O) groups excluding carboxylic acids is 1. The molecule has 1 aliphatic rings. The lowest BCUT2D eigenvalue weighted by Gasteiger charge is -2.40. The molecule has 0 spiro atoms. The fourth-order valence-corrected chi connectivity index (χ4v) is 3.47. The number of aromatic nitrogens is 1. The molecule has 0 unspecified atom stereocenters. The molecule has 2 N–H and O–H groups in total. The van der Waals surface area contributed by atoms with Crippen LogP contribution in [0.4, 0.5) is 4.79 Å². The minimum Gasteiger partial charge on any atom is -0.444 e. The Hall–Kier alpha value is -2.61. The van der Waals surface area contributed by atoms with Crippen LogP contribution in [0.1, 0.15) is 25.8 Å². The third-order valence-corrected chi connectivity index (χ3v) is 4.97. The summed E-state index contributed by atoms with van der Waals surface area (Å²) in [6, 6.07) is 10.3. The molecule has 1 fully saturated rings. The first-order valence-corrected chi connectivity index (χ1v) is 10.2. The molecule has 0 bridgehead atoms. The molecule has 1 saturated heterocycles. The molecule has 1 aromatic carbocycles. The maximum atomic E-state index is 12.0. The van der Waals surface area contributed by atoms with Gasteiger partial charge >= 0.3 is 6.09 Å². The molecule has 1 aliphatic heterocycles. The van der Waals surface area contributed by atoms with E-state index in [1.165, 1.54) is 0 Å². The van der Waals surface area contributed by atoms with Crippen molar-refractivity contribution in [2.45, 2.75) is 39.0 Å². The molecule has 0 atom stereocenters. The van der Waals surface area contributed by atoms with Crippen LogP contribution in [0, 0.1) is 0 Å². The van der Waals surface area contributed by atoms with E-state index >= 15 is 0 Å². The number of hydrogen-bond donors (Lipinski definition) is 2. The van der Waals surface area contributed by atoms with E-state index in [9.17, 15) is 4.79 Å². The van der Waals surface area contributed by atoms with Crippen molar-refractivity contribution in [2.24, 2.45) is 4.99 Å². The van der Waals surface area contributed by atoms with Crippen molar-refractivity contribution in [2.75, 3.05) is 20.1 Å². The maximum Gasteiger partial charge on any atom is 0.410 e. The Morgan fingerprint density at radius 3 is 2.68 bits per heavy atom. The van der Waals surface area contributed by atoms with Crippen LogP contribution in [0.25, 0.3) is 11.3 Å². The van der Waals surface area contributed by atoms with Crippen LogP contribution in [-0.2, 0) is 11.3 Å². The normalized spacial score (nSPS) is 15.1. The zero-order valence-corrected chi connectivity index (χ0v) is 17.5. The number of guanidine groups is 1. The molecule has 150 valence electrons. The van der Waals surface area contributed by atoms with E-state index in [1.807, 2.05) is 39.0 Å². The Bertz CT molecular complexity index is 823. The minimum absolute atomic E-state index is 0.162. The lowest BCUT2D eigenvalue weighted by Crippen LogP contribution is -2.63. The smallest absolute Gasteiger partial charge is 0.410 e. The molecule has 3 rings (SSSR count). The molecular formula is C20H27N5O2S. The second-order valence-corrected chi connectivity index (χ2v) is 8.59. The van der Waals surface area contributed by atoms with Crippen molar-refractivity contribution < 1.29 is 9.53 Å². The molecule has 0 radical (unpaired) electrons. The first kappa shape index (κ1) is 20.1. The number of likely N-dealkylation sites (tertiary alicyclic amines) is 1. The number of carbonyl (C=O) groups is 1. The van der Waals surface area contributed by atoms with E-state index in [-0.39, 0.29) is 12.1 Å². The minimum atomic E-state index is -0.473. The molecule has 1 aromatic heterocycles. The van der Waals surface area contributed by atoms with Gasteiger partial charge in [-0.25, -0.2) is 9.78 Å². The van der Waals surface area contributed by atoms with Crippen molar-refractivity contribution in [3.8, 4) is 11.3 Å². The van der Waals surface area contributed by atoms with Gasteiger partial charge in [0.25, 0.3) is 0 Å². The van der Waals surface area contributed by atoms with Crippen molar-refractivity contribution in [1.29, 1.82) is 0 Å². The summed E-state index contributed by atoms with van der Waals surface area (Å²) in [5, 5.41) is 9.66. The fraction of sp³-hybridized carbons (Fsp3) is 0.450. The van der Waals surface area contributed by atoms with E-state index in [0.717, 1.165) is 16.3 Å². The largest absolute Gasteiger partial charge is 0.444 e. The molecule has 0 saturated carbocycles. The average Bonchev–Trinajstić information content (AvgIpc) is 3.08. The van der Waals surface area contributed by atoms with Crippen molar-refractivity contribution in [1.82, 2.24) is 20.5 Å².